The quantitative estimate of drug-likeness (QED) is 0.499. The Morgan fingerprint density at radius 3 is 2.45 bits per heavy atom. The van der Waals surface area contributed by atoms with Crippen LogP contribution in [0.4, 0.5) is 0 Å². The van der Waals surface area contributed by atoms with Gasteiger partial charge in [0.25, 0.3) is 0 Å². The van der Waals surface area contributed by atoms with Crippen molar-refractivity contribution >= 4 is 16.7 Å². The molecular weight excluding hydrogens is 248 g/mol. The molecule has 2 aromatic rings. The number of nitrogens with two attached hydrogens (primary N) is 1. The van der Waals surface area contributed by atoms with Crippen molar-refractivity contribution in [3.8, 4) is 0 Å². The minimum Gasteiger partial charge on any atom is -0.294 e. The average Bonchev–Trinajstić information content (AvgIpc) is 2.54. The summed E-state index contributed by atoms with van der Waals surface area (Å²) < 4.78 is 0. The van der Waals surface area contributed by atoms with E-state index in [4.69, 9.17) is 5.84 Å². The van der Waals surface area contributed by atoms with Crippen molar-refractivity contribution in [3.05, 3.63) is 48.0 Å². The van der Waals surface area contributed by atoms with Crippen molar-refractivity contribution in [1.82, 2.24) is 5.43 Å². The van der Waals surface area contributed by atoms with Crippen LogP contribution in [-0.2, 0) is 4.79 Å². The maximum absolute atomic E-state index is 11.6. The number of carbonyl (C=O) groups is 1. The van der Waals surface area contributed by atoms with E-state index in [1.807, 2.05) is 0 Å². The Balaban J connectivity index is 1.82. The molecule has 1 aliphatic rings. The number of hydrogen-bond donors (Lipinski definition) is 2. The topological polar surface area (TPSA) is 55.1 Å². The number of fused-ring (bicyclic) bond motifs is 1. The maximum atomic E-state index is 11.6. The molecule has 0 spiro atoms. The predicted octanol–water partition coefficient (Wildman–Crippen LogP) is 3.10. The van der Waals surface area contributed by atoms with E-state index in [-0.39, 0.29) is 11.8 Å². The van der Waals surface area contributed by atoms with Crippen molar-refractivity contribution in [1.29, 1.82) is 0 Å². The number of amides is 1. The molecule has 104 valence electrons. The molecule has 3 N–H and O–H groups in total. The molecular formula is C17H20N2O. The van der Waals surface area contributed by atoms with Gasteiger partial charge in [-0.15, -0.1) is 0 Å². The molecule has 2 aromatic carbocycles. The zero-order chi connectivity index (χ0) is 13.9. The monoisotopic (exact) mass is 268 g/mol. The van der Waals surface area contributed by atoms with Gasteiger partial charge in [-0.3, -0.25) is 10.2 Å². The second kappa shape index (κ2) is 5.63. The molecule has 0 unspecified atom stereocenters. The normalized spacial score (nSPS) is 22.6. The average molecular weight is 268 g/mol. The van der Waals surface area contributed by atoms with Gasteiger partial charge in [0, 0.05) is 5.92 Å². The molecule has 3 heteroatoms. The molecule has 0 saturated heterocycles. The van der Waals surface area contributed by atoms with Gasteiger partial charge in [0.1, 0.15) is 0 Å². The highest BCUT2D eigenvalue weighted by molar-refractivity contribution is 5.86. The van der Waals surface area contributed by atoms with Gasteiger partial charge in [-0.2, -0.15) is 0 Å². The van der Waals surface area contributed by atoms with Crippen LogP contribution >= 0.6 is 0 Å². The van der Waals surface area contributed by atoms with E-state index < -0.39 is 0 Å². The Bertz CT molecular complexity index is 610. The third-order valence-electron chi connectivity index (χ3n) is 4.50. The van der Waals surface area contributed by atoms with E-state index in [2.05, 4.69) is 47.9 Å². The molecule has 1 amide bonds. The molecule has 1 fully saturated rings. The number of benzene rings is 2. The molecule has 1 saturated carbocycles. The summed E-state index contributed by atoms with van der Waals surface area (Å²) in [7, 11) is 0. The fraction of sp³-hybridized carbons (Fsp3) is 0.353. The number of hydrogen-bond acceptors (Lipinski definition) is 2. The first-order chi connectivity index (χ1) is 9.79. The van der Waals surface area contributed by atoms with Crippen LogP contribution in [0.1, 0.15) is 37.2 Å². The second-order valence-electron chi connectivity index (χ2n) is 5.63. The molecule has 0 heterocycles. The fourth-order valence-electron chi connectivity index (χ4n) is 3.39. The van der Waals surface area contributed by atoms with Crippen LogP contribution in [0.5, 0.6) is 0 Å². The summed E-state index contributed by atoms with van der Waals surface area (Å²) in [6, 6.07) is 15.1. The largest absolute Gasteiger partial charge is 0.294 e. The Kier molecular flexibility index (Phi) is 3.70. The summed E-state index contributed by atoms with van der Waals surface area (Å²) in [6.45, 7) is 0. The molecule has 0 bridgehead atoms. The second-order valence-corrected chi connectivity index (χ2v) is 5.63. The van der Waals surface area contributed by atoms with E-state index in [0.29, 0.717) is 5.92 Å². The summed E-state index contributed by atoms with van der Waals surface area (Å²) in [5, 5.41) is 2.65. The highest BCUT2D eigenvalue weighted by atomic mass is 16.2. The van der Waals surface area contributed by atoms with Gasteiger partial charge in [-0.1, -0.05) is 42.5 Å². The van der Waals surface area contributed by atoms with Gasteiger partial charge in [-0.25, -0.2) is 5.84 Å². The van der Waals surface area contributed by atoms with Crippen LogP contribution in [0.15, 0.2) is 42.5 Å². The summed E-state index contributed by atoms with van der Waals surface area (Å²) in [5.41, 5.74) is 3.71. The van der Waals surface area contributed by atoms with E-state index in [1.165, 1.54) is 16.3 Å². The van der Waals surface area contributed by atoms with Crippen molar-refractivity contribution in [2.45, 2.75) is 31.6 Å². The molecule has 0 aliphatic heterocycles. The SMILES string of the molecule is NNC(=O)[C@H]1CC[C@H](c2cccc3ccccc32)CC1. The number of rotatable bonds is 2. The van der Waals surface area contributed by atoms with Gasteiger partial charge < -0.3 is 0 Å². The molecule has 0 radical (unpaired) electrons. The van der Waals surface area contributed by atoms with E-state index >= 15 is 0 Å². The molecule has 20 heavy (non-hydrogen) atoms. The summed E-state index contributed by atoms with van der Waals surface area (Å²) in [6.07, 6.45) is 3.98. The lowest BCUT2D eigenvalue weighted by atomic mass is 9.77. The number of carbonyl (C=O) groups excluding carboxylic acids is 1. The highest BCUT2D eigenvalue weighted by Gasteiger charge is 2.27. The minimum absolute atomic E-state index is 0.0126. The van der Waals surface area contributed by atoms with Gasteiger partial charge in [0.2, 0.25) is 5.91 Å². The van der Waals surface area contributed by atoms with Crippen molar-refractivity contribution in [2.75, 3.05) is 0 Å². The third kappa shape index (κ3) is 2.41. The van der Waals surface area contributed by atoms with Gasteiger partial charge >= 0.3 is 0 Å². The molecule has 0 atom stereocenters. The van der Waals surface area contributed by atoms with Gasteiger partial charge in [0.05, 0.1) is 0 Å². The van der Waals surface area contributed by atoms with Gasteiger partial charge in [-0.05, 0) is 47.9 Å². The van der Waals surface area contributed by atoms with Crippen LogP contribution < -0.4 is 11.3 Å². The van der Waals surface area contributed by atoms with E-state index in [0.717, 1.165) is 25.7 Å². The zero-order valence-electron chi connectivity index (χ0n) is 11.5. The lowest BCUT2D eigenvalue weighted by Crippen LogP contribution is -2.37. The smallest absolute Gasteiger partial charge is 0.236 e. The highest BCUT2D eigenvalue weighted by Crippen LogP contribution is 2.38. The lowest BCUT2D eigenvalue weighted by Gasteiger charge is -2.28. The van der Waals surface area contributed by atoms with Crippen LogP contribution in [-0.4, -0.2) is 5.91 Å². The molecule has 0 aromatic heterocycles. The first-order valence-electron chi connectivity index (χ1n) is 7.27. The van der Waals surface area contributed by atoms with Gasteiger partial charge in [0.15, 0.2) is 0 Å². The molecule has 1 aliphatic carbocycles. The van der Waals surface area contributed by atoms with Crippen molar-refractivity contribution in [3.63, 3.8) is 0 Å². The first-order valence-corrected chi connectivity index (χ1v) is 7.27. The Hall–Kier alpha value is -1.87. The summed E-state index contributed by atoms with van der Waals surface area (Å²) >= 11 is 0. The summed E-state index contributed by atoms with van der Waals surface area (Å²) in [5.74, 6) is 5.86. The fourth-order valence-corrected chi connectivity index (χ4v) is 3.39. The molecule has 3 rings (SSSR count). The Morgan fingerprint density at radius 2 is 1.70 bits per heavy atom. The minimum atomic E-state index is -0.0126. The first kappa shape index (κ1) is 13.1. The standard InChI is InChI=1S/C17H20N2O/c18-19-17(20)14-10-8-13(9-11-14)16-7-3-5-12-4-1-2-6-15(12)16/h1-7,13-14H,8-11,18H2,(H,19,20)/t13-,14-. The zero-order valence-corrected chi connectivity index (χ0v) is 11.5. The predicted molar refractivity (Wildman–Crippen MR) is 81.0 cm³/mol. The number of hydrazine groups is 1. The van der Waals surface area contributed by atoms with Crippen LogP contribution in [0, 0.1) is 5.92 Å². The van der Waals surface area contributed by atoms with Crippen LogP contribution in [0.2, 0.25) is 0 Å². The van der Waals surface area contributed by atoms with Crippen LogP contribution in [0.25, 0.3) is 10.8 Å². The van der Waals surface area contributed by atoms with Crippen molar-refractivity contribution < 1.29 is 4.79 Å². The van der Waals surface area contributed by atoms with Crippen molar-refractivity contribution in [2.24, 2.45) is 11.8 Å². The van der Waals surface area contributed by atoms with E-state index in [1.54, 1.807) is 0 Å². The lowest BCUT2D eigenvalue weighted by molar-refractivity contribution is -0.126. The Morgan fingerprint density at radius 1 is 1.00 bits per heavy atom. The maximum Gasteiger partial charge on any atom is 0.236 e. The van der Waals surface area contributed by atoms with E-state index in [9.17, 15) is 4.79 Å². The number of nitrogens with one attached hydrogen (secondary N) is 1. The van der Waals surface area contributed by atoms with Crippen LogP contribution in [0.3, 0.4) is 0 Å². The third-order valence-corrected chi connectivity index (χ3v) is 4.50. The Labute approximate surface area is 119 Å². The summed E-state index contributed by atoms with van der Waals surface area (Å²) in [4.78, 5) is 11.6. The molecule has 3 nitrogen and oxygen atoms in total.